The molecule has 0 aromatic heterocycles. The summed E-state index contributed by atoms with van der Waals surface area (Å²) in [5.74, 6) is -0.279. The van der Waals surface area contributed by atoms with Crippen LogP contribution in [0.3, 0.4) is 0 Å². The van der Waals surface area contributed by atoms with Gasteiger partial charge in [-0.3, -0.25) is 10.4 Å². The molecule has 1 unspecified atom stereocenters. The van der Waals surface area contributed by atoms with Crippen LogP contribution in [0.25, 0.3) is 0 Å². The molecule has 0 aliphatic carbocycles. The lowest BCUT2D eigenvalue weighted by Gasteiger charge is -2.25. The fourth-order valence-corrected chi connectivity index (χ4v) is 3.07. The number of carbonyl (C=O) groups excluding carboxylic acids is 1. The number of hydrogen-bond acceptors (Lipinski definition) is 8. The number of aromatic hydroxyl groups is 1. The van der Waals surface area contributed by atoms with Crippen molar-refractivity contribution in [2.45, 2.75) is 45.8 Å². The lowest BCUT2D eigenvalue weighted by molar-refractivity contribution is -0.346. The van der Waals surface area contributed by atoms with E-state index in [2.05, 4.69) is 0 Å². The fourth-order valence-electron chi connectivity index (χ4n) is 3.07. The van der Waals surface area contributed by atoms with E-state index in [0.29, 0.717) is 22.4 Å². The standard InChI is InChI=1S/C18H22N2O6/c1-10(7-18(3,9-19)20(23)24)5-6-12-15(21)14-13(8-26-17(14)22)11(2)16(12)25-4/h5,21,23-24H,6-8H2,1-4H3/b10-5+. The topological polar surface area (TPSA) is 123 Å². The summed E-state index contributed by atoms with van der Waals surface area (Å²) in [6.07, 6.45) is 2.05. The van der Waals surface area contributed by atoms with E-state index in [-0.39, 0.29) is 36.0 Å². The molecule has 26 heavy (non-hydrogen) atoms. The number of benzene rings is 1. The highest BCUT2D eigenvalue weighted by atomic mass is 16.8. The van der Waals surface area contributed by atoms with E-state index >= 15 is 0 Å². The van der Waals surface area contributed by atoms with Crippen molar-refractivity contribution in [2.75, 3.05) is 7.11 Å². The van der Waals surface area contributed by atoms with Gasteiger partial charge in [0.15, 0.2) is 5.54 Å². The van der Waals surface area contributed by atoms with E-state index in [9.17, 15) is 20.3 Å². The van der Waals surface area contributed by atoms with E-state index < -0.39 is 11.5 Å². The fraction of sp³-hybridized carbons (Fsp3) is 0.444. The Morgan fingerprint density at radius 3 is 2.69 bits per heavy atom. The van der Waals surface area contributed by atoms with Gasteiger partial charge in [-0.15, -0.1) is 0 Å². The van der Waals surface area contributed by atoms with Crippen LogP contribution in [0.4, 0.5) is 0 Å². The number of nitrogens with zero attached hydrogens (tertiary/aromatic N) is 2. The first-order valence-electron chi connectivity index (χ1n) is 7.99. The summed E-state index contributed by atoms with van der Waals surface area (Å²) in [4.78, 5) is 11.9. The molecule has 1 atom stereocenters. The first kappa shape index (κ1) is 19.7. The summed E-state index contributed by atoms with van der Waals surface area (Å²) in [6, 6.07) is 1.84. The number of allylic oxidation sites excluding steroid dienone is 1. The van der Waals surface area contributed by atoms with Crippen LogP contribution in [0.2, 0.25) is 0 Å². The van der Waals surface area contributed by atoms with Gasteiger partial charge >= 0.3 is 5.97 Å². The molecule has 0 spiro atoms. The third-order valence-corrected chi connectivity index (χ3v) is 4.61. The summed E-state index contributed by atoms with van der Waals surface area (Å²) in [7, 11) is 1.48. The van der Waals surface area contributed by atoms with Crippen molar-refractivity contribution < 1.29 is 29.8 Å². The number of rotatable bonds is 6. The summed E-state index contributed by atoms with van der Waals surface area (Å²) >= 11 is 0. The molecule has 1 heterocycles. The zero-order chi connectivity index (χ0) is 19.6. The number of carbonyl (C=O) groups is 1. The van der Waals surface area contributed by atoms with Crippen molar-refractivity contribution in [1.29, 1.82) is 5.26 Å². The Labute approximate surface area is 151 Å². The largest absolute Gasteiger partial charge is 0.507 e. The molecule has 3 N–H and O–H groups in total. The highest BCUT2D eigenvalue weighted by molar-refractivity contribution is 5.98. The van der Waals surface area contributed by atoms with Crippen molar-refractivity contribution in [3.05, 3.63) is 33.9 Å². The number of esters is 1. The van der Waals surface area contributed by atoms with Crippen molar-refractivity contribution in [2.24, 2.45) is 0 Å². The average Bonchev–Trinajstić information content (AvgIpc) is 2.98. The van der Waals surface area contributed by atoms with Crippen LogP contribution in [0, 0.1) is 18.3 Å². The van der Waals surface area contributed by atoms with Crippen molar-refractivity contribution in [1.82, 2.24) is 5.23 Å². The van der Waals surface area contributed by atoms with E-state index in [0.717, 1.165) is 5.56 Å². The van der Waals surface area contributed by atoms with Crippen LogP contribution in [-0.4, -0.2) is 39.4 Å². The quantitative estimate of drug-likeness (QED) is 0.401. The number of nitriles is 1. The van der Waals surface area contributed by atoms with Gasteiger partial charge < -0.3 is 14.6 Å². The minimum atomic E-state index is -1.50. The molecule has 0 fully saturated rings. The van der Waals surface area contributed by atoms with Gasteiger partial charge in [-0.1, -0.05) is 16.9 Å². The lowest BCUT2D eigenvalue weighted by Crippen LogP contribution is -2.40. The van der Waals surface area contributed by atoms with Gasteiger partial charge in [-0.2, -0.15) is 5.26 Å². The third-order valence-electron chi connectivity index (χ3n) is 4.61. The van der Waals surface area contributed by atoms with Gasteiger partial charge in [0.25, 0.3) is 0 Å². The van der Waals surface area contributed by atoms with Crippen LogP contribution >= 0.6 is 0 Å². The zero-order valence-corrected chi connectivity index (χ0v) is 15.2. The molecule has 2 rings (SSSR count). The SMILES string of the molecule is COc1c(C)c2c(c(O)c1C/C=C(\C)CC(C)(C#N)N(O)O)C(=O)OC2. The Morgan fingerprint density at radius 1 is 1.50 bits per heavy atom. The number of hydrogen-bond donors (Lipinski definition) is 3. The van der Waals surface area contributed by atoms with Gasteiger partial charge in [-0.25, -0.2) is 4.79 Å². The zero-order valence-electron chi connectivity index (χ0n) is 15.2. The summed E-state index contributed by atoms with van der Waals surface area (Å²) in [5, 5.41) is 38.0. The number of cyclic esters (lactones) is 1. The molecule has 0 bridgehead atoms. The first-order chi connectivity index (χ1) is 12.2. The van der Waals surface area contributed by atoms with Gasteiger partial charge in [-0.05, 0) is 32.8 Å². The van der Waals surface area contributed by atoms with Crippen LogP contribution in [0.15, 0.2) is 11.6 Å². The molecule has 1 aromatic carbocycles. The predicted molar refractivity (Wildman–Crippen MR) is 90.0 cm³/mol. The second kappa shape index (κ2) is 7.33. The molecule has 1 aliphatic heterocycles. The van der Waals surface area contributed by atoms with E-state index in [4.69, 9.17) is 14.7 Å². The number of ether oxygens (including phenoxy) is 2. The molecule has 140 valence electrons. The second-order valence-electron chi connectivity index (χ2n) is 6.52. The van der Waals surface area contributed by atoms with E-state index in [1.165, 1.54) is 14.0 Å². The lowest BCUT2D eigenvalue weighted by atomic mass is 9.92. The Morgan fingerprint density at radius 2 is 2.15 bits per heavy atom. The highest BCUT2D eigenvalue weighted by Gasteiger charge is 2.33. The number of phenols is 1. The molecule has 8 heteroatoms. The molecule has 0 amide bonds. The third kappa shape index (κ3) is 3.37. The summed E-state index contributed by atoms with van der Waals surface area (Å²) in [5.41, 5.74) is 1.13. The van der Waals surface area contributed by atoms with Crippen molar-refractivity contribution >= 4 is 5.97 Å². The normalized spacial score (nSPS) is 16.1. The minimum absolute atomic E-state index is 0.0749. The van der Waals surface area contributed by atoms with E-state index in [1.807, 2.05) is 6.07 Å². The number of fused-ring (bicyclic) bond motifs is 1. The molecule has 1 aromatic rings. The molecule has 1 aliphatic rings. The van der Waals surface area contributed by atoms with Crippen molar-refractivity contribution in [3.8, 4) is 17.6 Å². The number of hydroxylamine groups is 2. The average molecular weight is 362 g/mol. The minimum Gasteiger partial charge on any atom is -0.507 e. The smallest absolute Gasteiger partial charge is 0.342 e. The Balaban J connectivity index is 2.39. The second-order valence-corrected chi connectivity index (χ2v) is 6.52. The maximum absolute atomic E-state index is 11.9. The molecule has 8 nitrogen and oxygen atoms in total. The van der Waals surface area contributed by atoms with Crippen LogP contribution in [0.1, 0.15) is 47.3 Å². The molecular formula is C18H22N2O6. The van der Waals surface area contributed by atoms with Gasteiger partial charge in [0.2, 0.25) is 0 Å². The monoisotopic (exact) mass is 362 g/mol. The van der Waals surface area contributed by atoms with Crippen LogP contribution in [0.5, 0.6) is 11.5 Å². The summed E-state index contributed by atoms with van der Waals surface area (Å²) < 4.78 is 10.4. The van der Waals surface area contributed by atoms with Crippen LogP contribution in [-0.2, 0) is 17.8 Å². The van der Waals surface area contributed by atoms with Gasteiger partial charge in [0.1, 0.15) is 23.7 Å². The molecule has 0 saturated carbocycles. The Kier molecular flexibility index (Phi) is 5.56. The number of methoxy groups -OCH3 is 1. The number of phenolic OH excluding ortho intramolecular Hbond substituents is 1. The van der Waals surface area contributed by atoms with Gasteiger partial charge in [0, 0.05) is 17.5 Å². The van der Waals surface area contributed by atoms with Crippen LogP contribution < -0.4 is 4.74 Å². The predicted octanol–water partition coefficient (Wildman–Crippen LogP) is 2.62. The molecular weight excluding hydrogens is 340 g/mol. The Bertz CT molecular complexity index is 809. The molecule has 0 radical (unpaired) electrons. The van der Waals surface area contributed by atoms with Crippen molar-refractivity contribution in [3.63, 3.8) is 0 Å². The Hall–Kier alpha value is -2.60. The van der Waals surface area contributed by atoms with E-state index in [1.54, 1.807) is 19.9 Å². The highest BCUT2D eigenvalue weighted by Crippen LogP contribution is 2.42. The maximum atomic E-state index is 11.9. The molecule has 0 saturated heterocycles. The summed E-state index contributed by atoms with van der Waals surface area (Å²) in [6.45, 7) is 5.01. The maximum Gasteiger partial charge on any atom is 0.342 e. The van der Waals surface area contributed by atoms with Gasteiger partial charge in [0.05, 0.1) is 13.2 Å². The first-order valence-corrected chi connectivity index (χ1v) is 7.99.